The number of amides is 1. The van der Waals surface area contributed by atoms with Crippen molar-refractivity contribution < 1.29 is 31.2 Å². The first-order valence-electron chi connectivity index (χ1n) is 14.4. The second-order valence-electron chi connectivity index (χ2n) is 10.9. The first-order chi connectivity index (χ1) is 21.6. The molecular weight excluding hydrogens is 602 g/mol. The fourth-order valence-corrected chi connectivity index (χ4v) is 6.67. The molecule has 3 aromatic carbocycles. The van der Waals surface area contributed by atoms with Gasteiger partial charge < -0.3 is 14.3 Å². The smallest absolute Gasteiger partial charge is 0.254 e. The lowest BCUT2D eigenvalue weighted by molar-refractivity contribution is 0.0731. The van der Waals surface area contributed by atoms with Gasteiger partial charge in [-0.2, -0.15) is 0 Å². The number of aromatic nitrogens is 2. The van der Waals surface area contributed by atoms with Crippen molar-refractivity contribution in [2.75, 3.05) is 30.3 Å². The average Bonchev–Trinajstić information content (AvgIpc) is 3.66. The molecule has 5 aromatic rings. The predicted molar refractivity (Wildman–Crippen MR) is 167 cm³/mol. The number of fused-ring (bicyclic) bond motifs is 2. The van der Waals surface area contributed by atoms with Crippen LogP contribution in [0.15, 0.2) is 71.4 Å². The number of rotatable bonds is 9. The second-order valence-corrected chi connectivity index (χ2v) is 12.8. The average molecular weight is 633 g/mol. The Morgan fingerprint density at radius 1 is 1.09 bits per heavy atom. The molecule has 0 fully saturated rings. The Morgan fingerprint density at radius 2 is 1.87 bits per heavy atom. The standard InChI is InChI=1S/C33H30F2N4O5S/c1-3-29(40)31-25-16-24(21-5-4-6-22(15-21)33(41)38-13-11-26-27(18-38)37-19-36-26)28(39(14-12-34)45(2,42)43)17-30(25)44-32(31)20-7-9-23(35)10-8-20/h4-10,15-17,19H,3,11-14,18H2,1-2H3,(H,36,37). The van der Waals surface area contributed by atoms with Crippen molar-refractivity contribution in [2.45, 2.75) is 26.3 Å². The van der Waals surface area contributed by atoms with E-state index in [9.17, 15) is 26.8 Å². The highest BCUT2D eigenvalue weighted by Gasteiger charge is 2.28. The van der Waals surface area contributed by atoms with Gasteiger partial charge in [0.1, 0.15) is 23.8 Å². The van der Waals surface area contributed by atoms with Gasteiger partial charge in [0.25, 0.3) is 5.91 Å². The lowest BCUT2D eigenvalue weighted by Crippen LogP contribution is -2.36. The zero-order valence-electron chi connectivity index (χ0n) is 24.6. The molecule has 0 spiro atoms. The molecule has 232 valence electrons. The molecule has 0 saturated carbocycles. The van der Waals surface area contributed by atoms with E-state index in [0.29, 0.717) is 47.2 Å². The molecule has 0 atom stereocenters. The molecule has 3 heterocycles. The Morgan fingerprint density at radius 3 is 2.58 bits per heavy atom. The van der Waals surface area contributed by atoms with Crippen LogP contribution in [0.4, 0.5) is 14.5 Å². The number of hydrogen-bond donors (Lipinski definition) is 1. The van der Waals surface area contributed by atoms with Gasteiger partial charge in [0.2, 0.25) is 10.0 Å². The zero-order valence-corrected chi connectivity index (χ0v) is 25.5. The van der Waals surface area contributed by atoms with Crippen LogP contribution in [0.2, 0.25) is 0 Å². The Bertz CT molecular complexity index is 2040. The number of nitrogens with one attached hydrogen (secondary N) is 1. The van der Waals surface area contributed by atoms with Gasteiger partial charge in [-0.3, -0.25) is 13.9 Å². The molecule has 45 heavy (non-hydrogen) atoms. The number of imidazole rings is 1. The number of nitrogens with zero attached hydrogens (tertiary/aromatic N) is 3. The topological polar surface area (TPSA) is 117 Å². The fourth-order valence-electron chi connectivity index (χ4n) is 5.76. The van der Waals surface area contributed by atoms with Crippen molar-refractivity contribution >= 4 is 38.4 Å². The van der Waals surface area contributed by atoms with Crippen LogP contribution < -0.4 is 4.31 Å². The quantitative estimate of drug-likeness (QED) is 0.195. The van der Waals surface area contributed by atoms with Crippen molar-refractivity contribution in [3.8, 4) is 22.5 Å². The summed E-state index contributed by atoms with van der Waals surface area (Å²) in [7, 11) is -3.97. The van der Waals surface area contributed by atoms with Crippen LogP contribution in [-0.2, 0) is 23.0 Å². The van der Waals surface area contributed by atoms with Gasteiger partial charge in [-0.05, 0) is 48.0 Å². The summed E-state index contributed by atoms with van der Waals surface area (Å²) in [4.78, 5) is 36.0. The molecule has 0 saturated heterocycles. The van der Waals surface area contributed by atoms with Gasteiger partial charge in [0.05, 0.1) is 48.3 Å². The molecule has 0 unspecified atom stereocenters. The summed E-state index contributed by atoms with van der Waals surface area (Å²) in [5.74, 6) is -0.694. The van der Waals surface area contributed by atoms with E-state index in [1.165, 1.54) is 30.3 Å². The number of benzene rings is 3. The van der Waals surface area contributed by atoms with E-state index < -0.39 is 29.1 Å². The van der Waals surface area contributed by atoms with Crippen molar-refractivity contribution in [3.05, 3.63) is 95.3 Å². The Hall–Kier alpha value is -4.84. The van der Waals surface area contributed by atoms with Gasteiger partial charge in [0.15, 0.2) is 5.78 Å². The van der Waals surface area contributed by atoms with Crippen LogP contribution in [0, 0.1) is 5.82 Å². The largest absolute Gasteiger partial charge is 0.455 e. The molecule has 1 N–H and O–H groups in total. The number of ketones is 1. The normalized spacial score (nSPS) is 13.2. The summed E-state index contributed by atoms with van der Waals surface area (Å²) in [5, 5.41) is 0.410. The highest BCUT2D eigenvalue weighted by molar-refractivity contribution is 7.92. The number of H-pyrrole nitrogens is 1. The third kappa shape index (κ3) is 5.73. The number of furan rings is 1. The van der Waals surface area contributed by atoms with E-state index in [4.69, 9.17) is 4.42 Å². The number of hydrogen-bond acceptors (Lipinski definition) is 6. The summed E-state index contributed by atoms with van der Waals surface area (Å²) in [6.07, 6.45) is 3.35. The molecule has 1 aliphatic rings. The van der Waals surface area contributed by atoms with Crippen LogP contribution in [0.1, 0.15) is 45.4 Å². The minimum Gasteiger partial charge on any atom is -0.455 e. The second kappa shape index (κ2) is 11.9. The molecule has 12 heteroatoms. The summed E-state index contributed by atoms with van der Waals surface area (Å²) in [6.45, 7) is 1.16. The molecular formula is C33H30F2N4O5S. The summed E-state index contributed by atoms with van der Waals surface area (Å²) in [5.41, 5.74) is 4.09. The van der Waals surface area contributed by atoms with E-state index in [-0.39, 0.29) is 40.7 Å². The molecule has 0 radical (unpaired) electrons. The number of aromatic amines is 1. The van der Waals surface area contributed by atoms with Gasteiger partial charge >= 0.3 is 0 Å². The molecule has 6 rings (SSSR count). The Kier molecular flexibility index (Phi) is 8.00. The van der Waals surface area contributed by atoms with Crippen molar-refractivity contribution in [1.29, 1.82) is 0 Å². The predicted octanol–water partition coefficient (Wildman–Crippen LogP) is 6.16. The van der Waals surface area contributed by atoms with Crippen LogP contribution in [-0.4, -0.2) is 61.0 Å². The van der Waals surface area contributed by atoms with Crippen molar-refractivity contribution in [1.82, 2.24) is 14.9 Å². The molecule has 9 nitrogen and oxygen atoms in total. The van der Waals surface area contributed by atoms with E-state index >= 15 is 0 Å². The number of anilines is 1. The van der Waals surface area contributed by atoms with E-state index in [1.807, 2.05) is 0 Å². The van der Waals surface area contributed by atoms with E-state index in [1.54, 1.807) is 48.5 Å². The summed E-state index contributed by atoms with van der Waals surface area (Å²) < 4.78 is 60.5. The minimum atomic E-state index is -3.97. The van der Waals surface area contributed by atoms with Gasteiger partial charge in [-0.25, -0.2) is 22.2 Å². The molecule has 1 amide bonds. The van der Waals surface area contributed by atoms with Gasteiger partial charge in [-0.1, -0.05) is 19.1 Å². The monoisotopic (exact) mass is 632 g/mol. The minimum absolute atomic E-state index is 0.127. The van der Waals surface area contributed by atoms with Crippen molar-refractivity contribution in [3.63, 3.8) is 0 Å². The zero-order chi connectivity index (χ0) is 31.9. The Balaban J connectivity index is 1.54. The SMILES string of the molecule is CCC(=O)c1c(-c2ccc(F)cc2)oc2cc(N(CCF)S(C)(=O)=O)c(-c3cccc(C(=O)N4CCc5nc[nH]c5C4)c3)cc12. The summed E-state index contributed by atoms with van der Waals surface area (Å²) in [6, 6.07) is 15.4. The van der Waals surface area contributed by atoms with Gasteiger partial charge in [-0.15, -0.1) is 0 Å². The maximum atomic E-state index is 13.8. The third-order valence-electron chi connectivity index (χ3n) is 7.95. The number of carbonyl (C=O) groups excluding carboxylic acids is 2. The van der Waals surface area contributed by atoms with Crippen LogP contribution in [0.3, 0.4) is 0 Å². The Labute approximate surface area is 258 Å². The van der Waals surface area contributed by atoms with E-state index in [0.717, 1.165) is 21.9 Å². The number of Topliss-reactive ketones (excluding diaryl/α,β-unsaturated/α-hetero) is 1. The van der Waals surface area contributed by atoms with Crippen LogP contribution in [0.25, 0.3) is 33.4 Å². The molecule has 0 aliphatic carbocycles. The number of carbonyl (C=O) groups is 2. The van der Waals surface area contributed by atoms with Crippen molar-refractivity contribution in [2.24, 2.45) is 0 Å². The maximum absolute atomic E-state index is 13.8. The maximum Gasteiger partial charge on any atom is 0.254 e. The number of halogens is 2. The summed E-state index contributed by atoms with van der Waals surface area (Å²) >= 11 is 0. The first kappa shape index (κ1) is 30.2. The van der Waals surface area contributed by atoms with Gasteiger partial charge in [0, 0.05) is 47.5 Å². The third-order valence-corrected chi connectivity index (χ3v) is 9.13. The van der Waals surface area contributed by atoms with Crippen LogP contribution >= 0.6 is 0 Å². The number of alkyl halides is 1. The highest BCUT2D eigenvalue weighted by atomic mass is 32.2. The fraction of sp³-hybridized carbons (Fsp3) is 0.242. The van der Waals surface area contributed by atoms with Crippen LogP contribution in [0.5, 0.6) is 0 Å². The molecule has 0 bridgehead atoms. The molecule has 1 aliphatic heterocycles. The number of sulfonamides is 1. The lowest BCUT2D eigenvalue weighted by atomic mass is 9.95. The van der Waals surface area contributed by atoms with E-state index in [2.05, 4.69) is 9.97 Å². The first-order valence-corrected chi connectivity index (χ1v) is 16.3. The molecule has 2 aromatic heterocycles. The lowest BCUT2D eigenvalue weighted by Gasteiger charge is -2.27. The highest BCUT2D eigenvalue weighted by Crippen LogP contribution is 2.42.